The van der Waals surface area contributed by atoms with Gasteiger partial charge >= 0.3 is 0 Å². The summed E-state index contributed by atoms with van der Waals surface area (Å²) in [5.41, 5.74) is 0.372. The van der Waals surface area contributed by atoms with Crippen molar-refractivity contribution in [2.45, 2.75) is 4.90 Å². The molecule has 0 aromatic heterocycles. The van der Waals surface area contributed by atoms with E-state index in [1.165, 1.54) is 22.5 Å². The van der Waals surface area contributed by atoms with Gasteiger partial charge in [0.1, 0.15) is 4.90 Å². The van der Waals surface area contributed by atoms with Gasteiger partial charge in [-0.2, -0.15) is 4.31 Å². The molecule has 0 saturated carbocycles. The maximum atomic E-state index is 12.8. The minimum Gasteiger partial charge on any atom is -0.454 e. The van der Waals surface area contributed by atoms with Crippen molar-refractivity contribution in [2.75, 3.05) is 33.0 Å². The molecule has 10 heteroatoms. The van der Waals surface area contributed by atoms with Crippen LogP contribution >= 0.6 is 23.2 Å². The summed E-state index contributed by atoms with van der Waals surface area (Å²) < 4.78 is 37.5. The summed E-state index contributed by atoms with van der Waals surface area (Å²) in [5, 5.41) is 0.481. The number of sulfonamides is 1. The van der Waals surface area contributed by atoms with Crippen LogP contribution in [-0.4, -0.2) is 56.5 Å². The van der Waals surface area contributed by atoms with Crippen LogP contribution in [0.2, 0.25) is 10.0 Å². The van der Waals surface area contributed by atoms with E-state index in [0.29, 0.717) is 22.1 Å². The molecule has 28 heavy (non-hydrogen) atoms. The minimum atomic E-state index is -3.72. The Morgan fingerprint density at radius 2 is 1.68 bits per heavy atom. The molecule has 1 saturated heterocycles. The molecular formula is C18H16Cl2N2O5S. The Morgan fingerprint density at radius 1 is 0.964 bits per heavy atom. The highest BCUT2D eigenvalue weighted by molar-refractivity contribution is 7.89. The fourth-order valence-corrected chi connectivity index (χ4v) is 5.38. The molecule has 0 bridgehead atoms. The summed E-state index contributed by atoms with van der Waals surface area (Å²) in [6.45, 7) is 0.934. The Hall–Kier alpha value is -2.00. The van der Waals surface area contributed by atoms with Gasteiger partial charge in [-0.1, -0.05) is 35.3 Å². The number of halogens is 2. The first-order chi connectivity index (χ1) is 13.4. The first-order valence-electron chi connectivity index (χ1n) is 8.51. The second-order valence-electron chi connectivity index (χ2n) is 6.32. The number of hydrogen-bond acceptors (Lipinski definition) is 5. The van der Waals surface area contributed by atoms with Gasteiger partial charge in [-0.05, 0) is 24.3 Å². The van der Waals surface area contributed by atoms with Crippen molar-refractivity contribution in [3.63, 3.8) is 0 Å². The first-order valence-corrected chi connectivity index (χ1v) is 10.7. The standard InChI is InChI=1S/C18H16Cl2N2O5S/c19-13-3-1-2-4-16(13)28(24,25)22-7-5-21(6-8-22)18(23)12-9-14(20)17-15(10-12)26-11-27-17/h1-4,9-10H,5-8,11H2. The molecule has 0 radical (unpaired) electrons. The fourth-order valence-electron chi connectivity index (χ4n) is 3.20. The molecule has 1 fully saturated rings. The van der Waals surface area contributed by atoms with Crippen molar-refractivity contribution in [3.05, 3.63) is 52.0 Å². The van der Waals surface area contributed by atoms with E-state index >= 15 is 0 Å². The number of carbonyl (C=O) groups excluding carboxylic acids is 1. The summed E-state index contributed by atoms with van der Waals surface area (Å²) in [6, 6.07) is 9.44. The van der Waals surface area contributed by atoms with Gasteiger partial charge < -0.3 is 14.4 Å². The quantitative estimate of drug-likeness (QED) is 0.730. The van der Waals surface area contributed by atoms with E-state index in [1.807, 2.05) is 0 Å². The van der Waals surface area contributed by atoms with Gasteiger partial charge in [0.25, 0.3) is 5.91 Å². The van der Waals surface area contributed by atoms with E-state index in [0.717, 1.165) is 0 Å². The van der Waals surface area contributed by atoms with Gasteiger partial charge in [-0.15, -0.1) is 0 Å². The Labute approximate surface area is 172 Å². The number of nitrogens with zero attached hydrogens (tertiary/aromatic N) is 2. The van der Waals surface area contributed by atoms with Crippen molar-refractivity contribution in [1.29, 1.82) is 0 Å². The molecule has 2 aromatic carbocycles. The SMILES string of the molecule is O=C(c1cc(Cl)c2c(c1)OCO2)N1CCN(S(=O)(=O)c2ccccc2Cl)CC1. The average molecular weight is 443 g/mol. The second kappa shape index (κ2) is 7.44. The number of hydrogen-bond donors (Lipinski definition) is 0. The average Bonchev–Trinajstić information content (AvgIpc) is 3.17. The van der Waals surface area contributed by atoms with E-state index in [2.05, 4.69) is 0 Å². The van der Waals surface area contributed by atoms with E-state index < -0.39 is 10.0 Å². The van der Waals surface area contributed by atoms with Crippen molar-refractivity contribution in [3.8, 4) is 11.5 Å². The van der Waals surface area contributed by atoms with Crippen LogP contribution in [-0.2, 0) is 10.0 Å². The molecule has 0 N–H and O–H groups in total. The third-order valence-electron chi connectivity index (χ3n) is 4.65. The second-order valence-corrected chi connectivity index (χ2v) is 9.04. The third kappa shape index (κ3) is 3.41. The van der Waals surface area contributed by atoms with E-state index in [1.54, 1.807) is 23.1 Å². The van der Waals surface area contributed by atoms with E-state index in [9.17, 15) is 13.2 Å². The lowest BCUT2D eigenvalue weighted by Gasteiger charge is -2.34. The zero-order chi connectivity index (χ0) is 19.9. The Bertz CT molecular complexity index is 1040. The maximum absolute atomic E-state index is 12.8. The number of benzene rings is 2. The van der Waals surface area contributed by atoms with Gasteiger partial charge in [0.05, 0.1) is 10.0 Å². The number of carbonyl (C=O) groups is 1. The molecule has 0 spiro atoms. The summed E-state index contributed by atoms with van der Waals surface area (Å²) >= 11 is 12.2. The van der Waals surface area contributed by atoms with Gasteiger partial charge in [0, 0.05) is 31.7 Å². The predicted octanol–water partition coefficient (Wildman–Crippen LogP) is 2.87. The molecule has 7 nitrogen and oxygen atoms in total. The smallest absolute Gasteiger partial charge is 0.254 e. The number of rotatable bonds is 3. The third-order valence-corrected chi connectivity index (χ3v) is 7.33. The number of amides is 1. The molecule has 0 atom stereocenters. The van der Waals surface area contributed by atoms with Crippen LogP contribution in [0.25, 0.3) is 0 Å². The topological polar surface area (TPSA) is 76.2 Å². The molecule has 148 valence electrons. The van der Waals surface area contributed by atoms with Gasteiger partial charge in [0.2, 0.25) is 16.8 Å². The predicted molar refractivity (Wildman–Crippen MR) is 104 cm³/mol. The number of ether oxygens (including phenoxy) is 2. The highest BCUT2D eigenvalue weighted by atomic mass is 35.5. The van der Waals surface area contributed by atoms with Crippen LogP contribution in [0.1, 0.15) is 10.4 Å². The van der Waals surface area contributed by atoms with Crippen LogP contribution < -0.4 is 9.47 Å². The normalized spacial score (nSPS) is 17.0. The molecule has 0 unspecified atom stereocenters. The van der Waals surface area contributed by atoms with Crippen LogP contribution in [0.15, 0.2) is 41.3 Å². The van der Waals surface area contributed by atoms with Crippen LogP contribution in [0.5, 0.6) is 11.5 Å². The Morgan fingerprint density at radius 3 is 2.39 bits per heavy atom. The van der Waals surface area contributed by atoms with Crippen molar-refractivity contribution < 1.29 is 22.7 Å². The summed E-state index contributed by atoms with van der Waals surface area (Å²) in [7, 11) is -3.72. The first kappa shape index (κ1) is 19.3. The molecule has 1 amide bonds. The lowest BCUT2D eigenvalue weighted by molar-refractivity contribution is 0.0697. The highest BCUT2D eigenvalue weighted by Crippen LogP contribution is 2.40. The van der Waals surface area contributed by atoms with Crippen LogP contribution in [0, 0.1) is 0 Å². The van der Waals surface area contributed by atoms with Gasteiger partial charge in [0.15, 0.2) is 11.5 Å². The molecule has 2 aliphatic rings. The van der Waals surface area contributed by atoms with Crippen molar-refractivity contribution >= 4 is 39.1 Å². The molecule has 2 aromatic rings. The lowest BCUT2D eigenvalue weighted by atomic mass is 10.1. The Balaban J connectivity index is 1.48. The molecule has 4 rings (SSSR count). The zero-order valence-corrected chi connectivity index (χ0v) is 16.9. The number of piperazine rings is 1. The Kier molecular flexibility index (Phi) is 5.13. The summed E-state index contributed by atoms with van der Waals surface area (Å²) in [6.07, 6.45) is 0. The van der Waals surface area contributed by atoms with Gasteiger partial charge in [-0.25, -0.2) is 8.42 Å². The van der Waals surface area contributed by atoms with Crippen LogP contribution in [0.4, 0.5) is 0 Å². The lowest BCUT2D eigenvalue weighted by Crippen LogP contribution is -2.50. The van der Waals surface area contributed by atoms with Gasteiger partial charge in [-0.3, -0.25) is 4.79 Å². The molecule has 2 aliphatic heterocycles. The van der Waals surface area contributed by atoms with E-state index in [-0.39, 0.29) is 48.8 Å². The molecule has 0 aliphatic carbocycles. The molecule has 2 heterocycles. The summed E-state index contributed by atoms with van der Waals surface area (Å²) in [4.78, 5) is 14.5. The zero-order valence-electron chi connectivity index (χ0n) is 14.6. The summed E-state index contributed by atoms with van der Waals surface area (Å²) in [5.74, 6) is 0.611. The fraction of sp³-hybridized carbons (Fsp3) is 0.278. The molecular weight excluding hydrogens is 427 g/mol. The maximum Gasteiger partial charge on any atom is 0.254 e. The van der Waals surface area contributed by atoms with Crippen molar-refractivity contribution in [1.82, 2.24) is 9.21 Å². The monoisotopic (exact) mass is 442 g/mol. The highest BCUT2D eigenvalue weighted by Gasteiger charge is 2.32. The van der Waals surface area contributed by atoms with E-state index in [4.69, 9.17) is 32.7 Å². The largest absolute Gasteiger partial charge is 0.454 e. The minimum absolute atomic E-state index is 0.0608. The number of fused-ring (bicyclic) bond motifs is 1. The van der Waals surface area contributed by atoms with Crippen LogP contribution in [0.3, 0.4) is 0 Å². The van der Waals surface area contributed by atoms with Crippen molar-refractivity contribution in [2.24, 2.45) is 0 Å².